The van der Waals surface area contributed by atoms with Crippen LogP contribution in [-0.4, -0.2) is 74.0 Å². The van der Waals surface area contributed by atoms with Gasteiger partial charge in [0.2, 0.25) is 0 Å². The van der Waals surface area contributed by atoms with Gasteiger partial charge in [-0.3, -0.25) is 14.5 Å². The first kappa shape index (κ1) is 20.0. The van der Waals surface area contributed by atoms with Crippen LogP contribution in [-0.2, 0) is 7.05 Å². The number of anilines is 2. The number of nitrogens with zero attached hydrogens (tertiary/aromatic N) is 8. The molecule has 32 heavy (non-hydrogen) atoms. The number of pyridine rings is 3. The third-order valence-electron chi connectivity index (χ3n) is 5.64. The number of amides is 1. The summed E-state index contributed by atoms with van der Waals surface area (Å²) in [6.07, 6.45) is 6.75. The van der Waals surface area contributed by atoms with Crippen LogP contribution in [0, 0.1) is 0 Å². The first-order valence-electron chi connectivity index (χ1n) is 10.3. The van der Waals surface area contributed by atoms with Crippen molar-refractivity contribution in [3.05, 3.63) is 54.6 Å². The molecule has 1 N–H and O–H groups in total. The van der Waals surface area contributed by atoms with Gasteiger partial charge in [0.1, 0.15) is 17.2 Å². The number of hydrogen-bond acceptors (Lipinski definition) is 8. The molecule has 1 saturated heterocycles. The van der Waals surface area contributed by atoms with Gasteiger partial charge < -0.3 is 15.1 Å². The minimum absolute atomic E-state index is 0.250. The van der Waals surface area contributed by atoms with E-state index in [-0.39, 0.29) is 5.91 Å². The van der Waals surface area contributed by atoms with Gasteiger partial charge in [-0.25, -0.2) is 9.97 Å². The molecule has 4 aromatic heterocycles. The summed E-state index contributed by atoms with van der Waals surface area (Å²) in [5.41, 5.74) is 3.71. The lowest BCUT2D eigenvalue weighted by Crippen LogP contribution is -2.57. The number of fused-ring (bicyclic) bond motifs is 1. The minimum Gasteiger partial charge on any atom is -0.366 e. The monoisotopic (exact) mass is 429 g/mol. The van der Waals surface area contributed by atoms with Crippen LogP contribution in [0.1, 0.15) is 10.4 Å². The van der Waals surface area contributed by atoms with Crippen molar-refractivity contribution in [3.63, 3.8) is 0 Å². The molecule has 1 aliphatic heterocycles. The molecule has 0 aliphatic carbocycles. The fourth-order valence-electron chi connectivity index (χ4n) is 3.68. The Morgan fingerprint density at radius 3 is 2.66 bits per heavy atom. The standard InChI is InChI=1S/C22H23N9O/c1-29(2)16-11-31(12-16)19-8-15-10-24-20(26-22(32)14-4-6-23-7-5-14)9-17(15)25-21(19)18-13-30(3)28-27-18/h4-10,13,16H,11-12H2,1-3H3,(H,24,26,32). The Balaban J connectivity index is 1.51. The summed E-state index contributed by atoms with van der Waals surface area (Å²) < 4.78 is 1.66. The van der Waals surface area contributed by atoms with Crippen molar-refractivity contribution in [2.75, 3.05) is 37.4 Å². The molecule has 0 spiro atoms. The predicted molar refractivity (Wildman–Crippen MR) is 121 cm³/mol. The third kappa shape index (κ3) is 3.76. The van der Waals surface area contributed by atoms with Gasteiger partial charge in [0.25, 0.3) is 5.91 Å². The number of likely N-dealkylation sites (N-methyl/N-ethyl adjacent to an activating group) is 1. The summed E-state index contributed by atoms with van der Waals surface area (Å²) in [4.78, 5) is 30.3. The Kier molecular flexibility index (Phi) is 4.98. The van der Waals surface area contributed by atoms with Crippen LogP contribution in [0.15, 0.2) is 49.1 Å². The molecule has 5 heterocycles. The van der Waals surface area contributed by atoms with Crippen LogP contribution >= 0.6 is 0 Å². The zero-order chi connectivity index (χ0) is 22.2. The van der Waals surface area contributed by atoms with Crippen molar-refractivity contribution < 1.29 is 4.79 Å². The van der Waals surface area contributed by atoms with Gasteiger partial charge >= 0.3 is 0 Å². The van der Waals surface area contributed by atoms with Crippen molar-refractivity contribution in [2.24, 2.45) is 7.05 Å². The number of hydrogen-bond donors (Lipinski definition) is 1. The highest BCUT2D eigenvalue weighted by Gasteiger charge is 2.31. The van der Waals surface area contributed by atoms with Gasteiger partial charge in [-0.05, 0) is 32.3 Å². The van der Waals surface area contributed by atoms with Crippen LogP contribution in [0.4, 0.5) is 11.5 Å². The summed E-state index contributed by atoms with van der Waals surface area (Å²) in [5.74, 6) is 0.182. The largest absolute Gasteiger partial charge is 0.366 e. The highest BCUT2D eigenvalue weighted by atomic mass is 16.1. The molecule has 0 bridgehead atoms. The van der Waals surface area contributed by atoms with Gasteiger partial charge in [0.05, 0.1) is 17.4 Å². The average Bonchev–Trinajstić information content (AvgIpc) is 3.18. The summed E-state index contributed by atoms with van der Waals surface area (Å²) in [6, 6.07) is 7.67. The lowest BCUT2D eigenvalue weighted by atomic mass is 10.0. The van der Waals surface area contributed by atoms with Gasteiger partial charge in [-0.15, -0.1) is 5.10 Å². The number of aryl methyl sites for hydroxylation is 1. The van der Waals surface area contributed by atoms with Crippen molar-refractivity contribution in [1.29, 1.82) is 0 Å². The fraction of sp³-hybridized carbons (Fsp3) is 0.273. The highest BCUT2D eigenvalue weighted by molar-refractivity contribution is 6.04. The van der Waals surface area contributed by atoms with E-state index in [1.165, 1.54) is 0 Å². The van der Waals surface area contributed by atoms with Gasteiger partial charge in [-0.2, -0.15) is 0 Å². The number of aromatic nitrogens is 6. The number of nitrogens with one attached hydrogen (secondary N) is 1. The van der Waals surface area contributed by atoms with Crippen LogP contribution in [0.2, 0.25) is 0 Å². The van der Waals surface area contributed by atoms with E-state index in [4.69, 9.17) is 4.98 Å². The maximum absolute atomic E-state index is 12.5. The van der Waals surface area contributed by atoms with Crippen molar-refractivity contribution >= 4 is 28.3 Å². The average molecular weight is 429 g/mol. The van der Waals surface area contributed by atoms with Crippen molar-refractivity contribution in [2.45, 2.75) is 6.04 Å². The maximum atomic E-state index is 12.5. The molecule has 1 fully saturated rings. The van der Waals surface area contributed by atoms with Crippen LogP contribution < -0.4 is 10.2 Å². The number of carbonyl (C=O) groups excluding carboxylic acids is 1. The molecular formula is C22H23N9O. The molecule has 5 rings (SSSR count). The van der Waals surface area contributed by atoms with Crippen LogP contribution in [0.3, 0.4) is 0 Å². The summed E-state index contributed by atoms with van der Waals surface area (Å²) >= 11 is 0. The molecule has 10 heteroatoms. The van der Waals surface area contributed by atoms with Gasteiger partial charge in [0, 0.05) is 61.8 Å². The van der Waals surface area contributed by atoms with E-state index >= 15 is 0 Å². The summed E-state index contributed by atoms with van der Waals surface area (Å²) in [7, 11) is 6.02. The molecule has 162 valence electrons. The normalized spacial score (nSPS) is 14.1. The van der Waals surface area contributed by atoms with E-state index in [9.17, 15) is 4.79 Å². The smallest absolute Gasteiger partial charge is 0.256 e. The maximum Gasteiger partial charge on any atom is 0.256 e. The number of carbonyl (C=O) groups is 1. The second-order valence-corrected chi connectivity index (χ2v) is 8.11. The SMILES string of the molecule is CN(C)C1CN(c2cc3cnc(NC(=O)c4ccncc4)cc3nc2-c2cn(C)nn2)C1. The topological polar surface area (TPSA) is 105 Å². The van der Waals surface area contributed by atoms with Crippen LogP contribution in [0.5, 0.6) is 0 Å². The highest BCUT2D eigenvalue weighted by Crippen LogP contribution is 2.34. The Labute approximate surface area is 184 Å². The quantitative estimate of drug-likeness (QED) is 0.512. The molecule has 10 nitrogen and oxygen atoms in total. The zero-order valence-corrected chi connectivity index (χ0v) is 18.1. The zero-order valence-electron chi connectivity index (χ0n) is 18.1. The van der Waals surface area contributed by atoms with Crippen LogP contribution in [0.25, 0.3) is 22.3 Å². The third-order valence-corrected chi connectivity index (χ3v) is 5.64. The van der Waals surface area contributed by atoms with E-state index in [1.54, 1.807) is 41.5 Å². The van der Waals surface area contributed by atoms with E-state index < -0.39 is 0 Å². The van der Waals surface area contributed by atoms with Crippen molar-refractivity contribution in [3.8, 4) is 11.4 Å². The Bertz CT molecular complexity index is 1280. The predicted octanol–water partition coefficient (Wildman–Crippen LogP) is 1.82. The van der Waals surface area contributed by atoms with E-state index in [0.717, 1.165) is 35.4 Å². The first-order chi connectivity index (χ1) is 15.5. The lowest BCUT2D eigenvalue weighted by molar-refractivity contribution is 0.102. The Morgan fingerprint density at radius 1 is 1.19 bits per heavy atom. The summed E-state index contributed by atoms with van der Waals surface area (Å²) in [6.45, 7) is 1.84. The molecule has 0 aromatic carbocycles. The van der Waals surface area contributed by atoms with E-state index in [2.05, 4.69) is 55.6 Å². The lowest BCUT2D eigenvalue weighted by Gasteiger charge is -2.44. The molecule has 0 radical (unpaired) electrons. The molecule has 0 saturated carbocycles. The molecular weight excluding hydrogens is 406 g/mol. The summed E-state index contributed by atoms with van der Waals surface area (Å²) in [5, 5.41) is 12.1. The molecule has 1 aliphatic rings. The van der Waals surface area contributed by atoms with E-state index in [1.807, 2.05) is 13.2 Å². The second-order valence-electron chi connectivity index (χ2n) is 8.11. The Hall–Kier alpha value is -3.92. The van der Waals surface area contributed by atoms with Crippen molar-refractivity contribution in [1.82, 2.24) is 34.8 Å². The molecule has 0 atom stereocenters. The van der Waals surface area contributed by atoms with Gasteiger partial charge in [-0.1, -0.05) is 5.21 Å². The van der Waals surface area contributed by atoms with Gasteiger partial charge in [0.15, 0.2) is 0 Å². The number of rotatable bonds is 5. The first-order valence-corrected chi connectivity index (χ1v) is 10.3. The minimum atomic E-state index is -0.250. The Morgan fingerprint density at radius 2 is 1.97 bits per heavy atom. The molecule has 4 aromatic rings. The molecule has 0 unspecified atom stereocenters. The molecule has 1 amide bonds. The second kappa shape index (κ2) is 7.97. The van der Waals surface area contributed by atoms with E-state index in [0.29, 0.717) is 23.1 Å². The fourth-order valence-corrected chi connectivity index (χ4v) is 3.68.